The van der Waals surface area contributed by atoms with Crippen LogP contribution in [0.5, 0.6) is 5.75 Å². The van der Waals surface area contributed by atoms with Gasteiger partial charge in [-0.3, -0.25) is 0 Å². The molecule has 0 fully saturated rings. The van der Waals surface area contributed by atoms with Gasteiger partial charge < -0.3 is 9.15 Å². The lowest BCUT2D eigenvalue weighted by Crippen LogP contribution is -2.12. The van der Waals surface area contributed by atoms with Crippen molar-refractivity contribution >= 4 is 33.7 Å². The van der Waals surface area contributed by atoms with Gasteiger partial charge in [0.05, 0.1) is 30.0 Å². The second kappa shape index (κ2) is 6.65. The Morgan fingerprint density at radius 2 is 1.92 bits per heavy atom. The lowest BCUT2D eigenvalue weighted by molar-refractivity contribution is 0.415. The Morgan fingerprint density at radius 3 is 2.54 bits per heavy atom. The van der Waals surface area contributed by atoms with Crippen molar-refractivity contribution in [1.29, 1.82) is 5.26 Å². The summed E-state index contributed by atoms with van der Waals surface area (Å²) in [6.45, 7) is 1.83. The largest absolute Gasteiger partial charge is 0.497 e. The number of benzene rings is 2. The van der Waals surface area contributed by atoms with E-state index in [1.54, 1.807) is 25.3 Å². The van der Waals surface area contributed by atoms with Gasteiger partial charge in [0, 0.05) is 10.3 Å². The van der Waals surface area contributed by atoms with E-state index in [0.717, 1.165) is 22.4 Å². The predicted molar refractivity (Wildman–Crippen MR) is 96.5 cm³/mol. The molecule has 2 aromatic carbocycles. The van der Waals surface area contributed by atoms with Crippen LogP contribution < -0.4 is 10.3 Å². The molecule has 0 atom stereocenters. The average molecular weight is 334 g/mol. The molecule has 0 spiro atoms. The summed E-state index contributed by atoms with van der Waals surface area (Å²) in [5, 5.41) is 9.85. The highest BCUT2D eigenvalue weighted by atomic mass is 32.1. The molecular weight excluding hydrogens is 320 g/mol. The van der Waals surface area contributed by atoms with Gasteiger partial charge in [0.1, 0.15) is 11.3 Å². The molecule has 3 aromatic rings. The SMILES string of the molecule is COc1ccc(N=c2oc3ccc(C#N)cc3cc2C(C)=S)cc1. The van der Waals surface area contributed by atoms with Gasteiger partial charge in [0.2, 0.25) is 5.55 Å². The van der Waals surface area contributed by atoms with Crippen molar-refractivity contribution < 1.29 is 9.15 Å². The Hall–Kier alpha value is -2.97. The van der Waals surface area contributed by atoms with Gasteiger partial charge in [0.15, 0.2) is 0 Å². The summed E-state index contributed by atoms with van der Waals surface area (Å²) < 4.78 is 11.1. The first-order valence-corrected chi connectivity index (χ1v) is 7.69. The van der Waals surface area contributed by atoms with Gasteiger partial charge in [-0.05, 0) is 55.5 Å². The fourth-order valence-electron chi connectivity index (χ4n) is 2.31. The van der Waals surface area contributed by atoms with Crippen LogP contribution in [0.25, 0.3) is 11.0 Å². The molecule has 0 saturated heterocycles. The molecular formula is C19H14N2O2S. The van der Waals surface area contributed by atoms with E-state index in [2.05, 4.69) is 11.1 Å². The number of hydrogen-bond donors (Lipinski definition) is 0. The molecule has 4 nitrogen and oxygen atoms in total. The van der Waals surface area contributed by atoms with Crippen molar-refractivity contribution in [3.8, 4) is 11.8 Å². The highest BCUT2D eigenvalue weighted by molar-refractivity contribution is 7.80. The van der Waals surface area contributed by atoms with Crippen LogP contribution in [0.15, 0.2) is 57.9 Å². The Morgan fingerprint density at radius 1 is 1.17 bits per heavy atom. The molecule has 0 unspecified atom stereocenters. The van der Waals surface area contributed by atoms with Crippen molar-refractivity contribution in [2.45, 2.75) is 6.92 Å². The average Bonchev–Trinajstić information content (AvgIpc) is 2.61. The van der Waals surface area contributed by atoms with Gasteiger partial charge in [-0.25, -0.2) is 4.99 Å². The number of methoxy groups -OCH3 is 1. The lowest BCUT2D eigenvalue weighted by atomic mass is 10.1. The molecule has 0 aliphatic heterocycles. The summed E-state index contributed by atoms with van der Waals surface area (Å²) in [5.41, 5.74) is 3.16. The first-order chi connectivity index (χ1) is 11.6. The molecule has 118 valence electrons. The molecule has 3 rings (SSSR count). The summed E-state index contributed by atoms with van der Waals surface area (Å²) in [4.78, 5) is 5.23. The van der Waals surface area contributed by atoms with Crippen LogP contribution in [0.4, 0.5) is 5.69 Å². The van der Waals surface area contributed by atoms with Gasteiger partial charge in [-0.2, -0.15) is 5.26 Å². The minimum absolute atomic E-state index is 0.449. The molecule has 24 heavy (non-hydrogen) atoms. The van der Waals surface area contributed by atoms with Crippen molar-refractivity contribution in [2.24, 2.45) is 4.99 Å². The van der Waals surface area contributed by atoms with Crippen molar-refractivity contribution in [3.63, 3.8) is 0 Å². The van der Waals surface area contributed by atoms with Crippen LogP contribution >= 0.6 is 12.2 Å². The molecule has 1 heterocycles. The Kier molecular flexibility index (Phi) is 4.41. The van der Waals surface area contributed by atoms with E-state index in [1.807, 2.05) is 37.3 Å². The monoisotopic (exact) mass is 334 g/mol. The van der Waals surface area contributed by atoms with E-state index in [0.29, 0.717) is 21.6 Å². The molecule has 0 saturated carbocycles. The van der Waals surface area contributed by atoms with Crippen LogP contribution in [0.1, 0.15) is 18.1 Å². The smallest absolute Gasteiger partial charge is 0.228 e. The molecule has 0 aliphatic rings. The number of rotatable bonds is 3. The maximum Gasteiger partial charge on any atom is 0.228 e. The number of thiocarbonyl (C=S) groups is 1. The molecule has 5 heteroatoms. The van der Waals surface area contributed by atoms with Crippen LogP contribution in [0, 0.1) is 11.3 Å². The van der Waals surface area contributed by atoms with E-state index in [-0.39, 0.29) is 0 Å². The van der Waals surface area contributed by atoms with Gasteiger partial charge in [-0.1, -0.05) is 12.2 Å². The highest BCUT2D eigenvalue weighted by Gasteiger charge is 2.07. The van der Waals surface area contributed by atoms with E-state index in [1.165, 1.54) is 0 Å². The number of ether oxygens (including phenoxy) is 1. The molecule has 0 aliphatic carbocycles. The number of nitriles is 1. The van der Waals surface area contributed by atoms with Crippen LogP contribution in [0.3, 0.4) is 0 Å². The second-order valence-electron chi connectivity index (χ2n) is 5.20. The number of hydrogen-bond acceptors (Lipinski definition) is 5. The minimum atomic E-state index is 0.449. The summed E-state index contributed by atoms with van der Waals surface area (Å²) in [6, 6.07) is 16.7. The zero-order chi connectivity index (χ0) is 17.1. The maximum absolute atomic E-state index is 9.03. The molecule has 0 radical (unpaired) electrons. The molecule has 1 aromatic heterocycles. The van der Waals surface area contributed by atoms with E-state index in [4.69, 9.17) is 26.6 Å². The van der Waals surface area contributed by atoms with Gasteiger partial charge >= 0.3 is 0 Å². The van der Waals surface area contributed by atoms with Crippen LogP contribution in [-0.4, -0.2) is 12.0 Å². The third kappa shape index (κ3) is 3.19. The van der Waals surface area contributed by atoms with E-state index < -0.39 is 0 Å². The maximum atomic E-state index is 9.03. The third-order valence-corrected chi connectivity index (χ3v) is 3.78. The van der Waals surface area contributed by atoms with Crippen molar-refractivity contribution in [1.82, 2.24) is 0 Å². The summed E-state index contributed by atoms with van der Waals surface area (Å²) >= 11 is 5.32. The Labute approximate surface area is 144 Å². The normalized spacial score (nSPS) is 11.3. The van der Waals surface area contributed by atoms with E-state index in [9.17, 15) is 0 Å². The first kappa shape index (κ1) is 15.9. The first-order valence-electron chi connectivity index (χ1n) is 7.28. The number of nitrogens with zero attached hydrogens (tertiary/aromatic N) is 2. The van der Waals surface area contributed by atoms with Gasteiger partial charge in [0.25, 0.3) is 0 Å². The zero-order valence-electron chi connectivity index (χ0n) is 13.2. The topological polar surface area (TPSA) is 58.5 Å². The lowest BCUT2D eigenvalue weighted by Gasteiger charge is -2.04. The molecule has 0 bridgehead atoms. The summed E-state index contributed by atoms with van der Waals surface area (Å²) in [5.74, 6) is 0.764. The zero-order valence-corrected chi connectivity index (χ0v) is 14.1. The second-order valence-corrected chi connectivity index (χ2v) is 5.81. The quantitative estimate of drug-likeness (QED) is 0.530. The van der Waals surface area contributed by atoms with Crippen LogP contribution in [-0.2, 0) is 0 Å². The minimum Gasteiger partial charge on any atom is -0.497 e. The summed E-state index contributed by atoms with van der Waals surface area (Å²) in [7, 11) is 1.62. The highest BCUT2D eigenvalue weighted by Crippen LogP contribution is 2.19. The Bertz CT molecular complexity index is 1030. The van der Waals surface area contributed by atoms with Crippen molar-refractivity contribution in [3.05, 3.63) is 65.2 Å². The third-order valence-electron chi connectivity index (χ3n) is 3.56. The fraction of sp³-hybridized carbons (Fsp3) is 0.105. The molecule has 0 amide bonds. The van der Waals surface area contributed by atoms with Gasteiger partial charge in [-0.15, -0.1) is 0 Å². The van der Waals surface area contributed by atoms with Crippen molar-refractivity contribution in [2.75, 3.05) is 7.11 Å². The fourth-order valence-corrected chi connectivity index (χ4v) is 2.46. The predicted octanol–water partition coefficient (Wildman–Crippen LogP) is 4.28. The summed E-state index contributed by atoms with van der Waals surface area (Å²) in [6.07, 6.45) is 0. The Balaban J connectivity index is 2.21. The van der Waals surface area contributed by atoms with Crippen LogP contribution in [0.2, 0.25) is 0 Å². The molecule has 0 N–H and O–H groups in total. The van der Waals surface area contributed by atoms with E-state index >= 15 is 0 Å². The number of fused-ring (bicyclic) bond motifs is 1. The standard InChI is InChI=1S/C19H14N2O2S/c1-12(24)17-10-14-9-13(11-20)3-8-18(14)23-19(17)21-15-4-6-16(22-2)7-5-15/h3-10H,1-2H3.